The van der Waals surface area contributed by atoms with Gasteiger partial charge in [-0.3, -0.25) is 0 Å². The molecule has 1 aromatic carbocycles. The standard InChI is InChI=1S/C12H19FN2O4S2/c1-9(2)15(7-6-14)21(18,19)12-8-10(20(3,16)17)4-5-11(12)13/h4-5,8-9H,6-7,14H2,1-3H3. The Labute approximate surface area is 124 Å². The second kappa shape index (κ2) is 6.39. The minimum absolute atomic E-state index is 0.0164. The number of hydrogen-bond acceptors (Lipinski definition) is 5. The van der Waals surface area contributed by atoms with Crippen molar-refractivity contribution in [3.63, 3.8) is 0 Å². The van der Waals surface area contributed by atoms with E-state index in [0.717, 1.165) is 28.8 Å². The highest BCUT2D eigenvalue weighted by molar-refractivity contribution is 7.91. The van der Waals surface area contributed by atoms with Crippen LogP contribution in [0.5, 0.6) is 0 Å². The zero-order chi connectivity index (χ0) is 16.4. The van der Waals surface area contributed by atoms with Crippen LogP contribution >= 0.6 is 0 Å². The van der Waals surface area contributed by atoms with E-state index in [1.165, 1.54) is 0 Å². The maximum Gasteiger partial charge on any atom is 0.246 e. The molecule has 0 saturated carbocycles. The lowest BCUT2D eigenvalue weighted by Gasteiger charge is -2.25. The lowest BCUT2D eigenvalue weighted by Crippen LogP contribution is -2.40. The molecule has 21 heavy (non-hydrogen) atoms. The number of hydrogen-bond donors (Lipinski definition) is 1. The first-order valence-corrected chi connectivity index (χ1v) is 9.56. The van der Waals surface area contributed by atoms with E-state index in [9.17, 15) is 21.2 Å². The molecule has 0 aromatic heterocycles. The van der Waals surface area contributed by atoms with Gasteiger partial charge in [-0.1, -0.05) is 0 Å². The highest BCUT2D eigenvalue weighted by Crippen LogP contribution is 2.24. The van der Waals surface area contributed by atoms with Crippen LogP contribution in [0.3, 0.4) is 0 Å². The van der Waals surface area contributed by atoms with Crippen molar-refractivity contribution < 1.29 is 21.2 Å². The van der Waals surface area contributed by atoms with E-state index < -0.39 is 36.6 Å². The van der Waals surface area contributed by atoms with Crippen molar-refractivity contribution in [3.8, 4) is 0 Å². The Balaban J connectivity index is 3.50. The number of sulfonamides is 1. The van der Waals surface area contributed by atoms with E-state index >= 15 is 0 Å². The quantitative estimate of drug-likeness (QED) is 0.766. The molecule has 2 N–H and O–H groups in total. The number of sulfone groups is 1. The van der Waals surface area contributed by atoms with Gasteiger partial charge in [0, 0.05) is 25.4 Å². The number of rotatable bonds is 6. The summed E-state index contributed by atoms with van der Waals surface area (Å²) in [5.41, 5.74) is 5.38. The molecule has 0 bridgehead atoms. The molecular formula is C12H19FN2O4S2. The van der Waals surface area contributed by atoms with Gasteiger partial charge >= 0.3 is 0 Å². The summed E-state index contributed by atoms with van der Waals surface area (Å²) < 4.78 is 62.9. The summed E-state index contributed by atoms with van der Waals surface area (Å²) in [6.07, 6.45) is 0.927. The molecule has 0 radical (unpaired) electrons. The molecule has 0 unspecified atom stereocenters. The summed E-state index contributed by atoms with van der Waals surface area (Å²) in [4.78, 5) is -0.911. The van der Waals surface area contributed by atoms with Gasteiger partial charge < -0.3 is 5.73 Å². The summed E-state index contributed by atoms with van der Waals surface area (Å²) in [6, 6.07) is 2.28. The molecule has 6 nitrogen and oxygen atoms in total. The van der Waals surface area contributed by atoms with Crippen molar-refractivity contribution in [2.75, 3.05) is 19.3 Å². The average molecular weight is 338 g/mol. The molecule has 0 saturated heterocycles. The summed E-state index contributed by atoms with van der Waals surface area (Å²) in [5, 5.41) is 0. The maximum atomic E-state index is 13.9. The minimum atomic E-state index is -4.16. The molecule has 0 fully saturated rings. The molecule has 1 rings (SSSR count). The normalized spacial score (nSPS) is 13.1. The molecule has 0 amide bonds. The Morgan fingerprint density at radius 3 is 2.24 bits per heavy atom. The van der Waals surface area contributed by atoms with Gasteiger partial charge in [0.25, 0.3) is 0 Å². The van der Waals surface area contributed by atoms with E-state index in [1.54, 1.807) is 13.8 Å². The zero-order valence-corrected chi connectivity index (χ0v) is 13.7. The van der Waals surface area contributed by atoms with Crippen LogP contribution in [0.15, 0.2) is 28.0 Å². The van der Waals surface area contributed by atoms with Gasteiger partial charge in [-0.25, -0.2) is 21.2 Å². The van der Waals surface area contributed by atoms with Gasteiger partial charge in [0.2, 0.25) is 10.0 Å². The van der Waals surface area contributed by atoms with Crippen molar-refractivity contribution in [1.82, 2.24) is 4.31 Å². The number of nitrogens with zero attached hydrogens (tertiary/aromatic N) is 1. The highest BCUT2D eigenvalue weighted by Gasteiger charge is 2.30. The molecule has 1 aromatic rings. The minimum Gasteiger partial charge on any atom is -0.329 e. The maximum absolute atomic E-state index is 13.9. The van der Waals surface area contributed by atoms with Crippen molar-refractivity contribution >= 4 is 19.9 Å². The Morgan fingerprint density at radius 1 is 1.24 bits per heavy atom. The molecule has 0 aliphatic carbocycles. The van der Waals surface area contributed by atoms with Crippen LogP contribution in [0.25, 0.3) is 0 Å². The SMILES string of the molecule is CC(C)N(CCN)S(=O)(=O)c1cc(S(C)(=O)=O)ccc1F. The molecule has 120 valence electrons. The van der Waals surface area contributed by atoms with Crippen LogP contribution < -0.4 is 5.73 Å². The number of nitrogens with two attached hydrogens (primary N) is 1. The summed E-state index contributed by atoms with van der Waals surface area (Å²) in [7, 11) is -7.80. The van der Waals surface area contributed by atoms with Crippen LogP contribution in [0, 0.1) is 5.82 Å². The first-order chi connectivity index (χ1) is 9.51. The molecule has 9 heteroatoms. The topological polar surface area (TPSA) is 97.5 Å². The smallest absolute Gasteiger partial charge is 0.246 e. The summed E-state index contributed by atoms with van der Waals surface area (Å²) in [6.45, 7) is 3.35. The largest absolute Gasteiger partial charge is 0.329 e. The Kier molecular flexibility index (Phi) is 5.48. The van der Waals surface area contributed by atoms with E-state index in [2.05, 4.69) is 0 Å². The predicted molar refractivity (Wildman–Crippen MR) is 77.6 cm³/mol. The Morgan fingerprint density at radius 2 is 1.81 bits per heavy atom. The van der Waals surface area contributed by atoms with Gasteiger partial charge in [-0.05, 0) is 32.0 Å². The molecule has 0 spiro atoms. The van der Waals surface area contributed by atoms with Crippen molar-refractivity contribution in [3.05, 3.63) is 24.0 Å². The molecule has 0 aliphatic rings. The summed E-state index contributed by atoms with van der Waals surface area (Å²) in [5.74, 6) is -0.995. The summed E-state index contributed by atoms with van der Waals surface area (Å²) >= 11 is 0. The van der Waals surface area contributed by atoms with E-state index in [0.29, 0.717) is 0 Å². The van der Waals surface area contributed by atoms with E-state index in [-0.39, 0.29) is 18.0 Å². The monoisotopic (exact) mass is 338 g/mol. The third-order valence-electron chi connectivity index (χ3n) is 2.84. The van der Waals surface area contributed by atoms with Crippen LogP contribution in [-0.4, -0.2) is 46.5 Å². The van der Waals surface area contributed by atoms with E-state index in [1.807, 2.05) is 0 Å². The van der Waals surface area contributed by atoms with Crippen LogP contribution in [0.1, 0.15) is 13.8 Å². The zero-order valence-electron chi connectivity index (χ0n) is 12.1. The van der Waals surface area contributed by atoms with Gasteiger partial charge in [0.15, 0.2) is 9.84 Å². The molecule has 0 aliphatic heterocycles. The van der Waals surface area contributed by atoms with Crippen LogP contribution in [0.2, 0.25) is 0 Å². The van der Waals surface area contributed by atoms with Crippen molar-refractivity contribution in [2.24, 2.45) is 5.73 Å². The molecule has 0 atom stereocenters. The fourth-order valence-corrected chi connectivity index (χ4v) is 4.29. The van der Waals surface area contributed by atoms with Crippen molar-refractivity contribution in [2.45, 2.75) is 29.7 Å². The van der Waals surface area contributed by atoms with Crippen LogP contribution in [-0.2, 0) is 19.9 Å². The van der Waals surface area contributed by atoms with Gasteiger partial charge in [-0.15, -0.1) is 0 Å². The number of halogens is 1. The first kappa shape index (κ1) is 18.0. The fraction of sp³-hybridized carbons (Fsp3) is 0.500. The third-order valence-corrected chi connectivity index (χ3v) is 6.04. The number of benzene rings is 1. The molecule has 0 heterocycles. The second-order valence-corrected chi connectivity index (χ2v) is 8.74. The van der Waals surface area contributed by atoms with Crippen LogP contribution in [0.4, 0.5) is 4.39 Å². The Bertz CT molecular complexity index is 715. The lowest BCUT2D eigenvalue weighted by molar-refractivity contribution is 0.359. The van der Waals surface area contributed by atoms with Gasteiger partial charge in [0.1, 0.15) is 10.7 Å². The molecular weight excluding hydrogens is 319 g/mol. The third kappa shape index (κ3) is 4.00. The Hall–Kier alpha value is -1.03. The average Bonchev–Trinajstić information content (AvgIpc) is 2.34. The van der Waals surface area contributed by atoms with Gasteiger partial charge in [-0.2, -0.15) is 4.31 Å². The van der Waals surface area contributed by atoms with E-state index in [4.69, 9.17) is 5.73 Å². The second-order valence-electron chi connectivity index (χ2n) is 4.86. The lowest BCUT2D eigenvalue weighted by atomic mass is 10.3. The fourth-order valence-electron chi connectivity index (χ4n) is 1.82. The predicted octanol–water partition coefficient (Wildman–Crippen LogP) is 0.587. The first-order valence-electron chi connectivity index (χ1n) is 6.23. The highest BCUT2D eigenvalue weighted by atomic mass is 32.2. The van der Waals surface area contributed by atoms with Gasteiger partial charge in [0.05, 0.1) is 4.90 Å². The van der Waals surface area contributed by atoms with Crippen molar-refractivity contribution in [1.29, 1.82) is 0 Å².